The van der Waals surface area contributed by atoms with Gasteiger partial charge < -0.3 is 10.6 Å². The molecule has 1 aliphatic heterocycles. The lowest BCUT2D eigenvalue weighted by atomic mass is 10.1. The number of carbonyl (C=O) groups excluding carboxylic acids is 1. The third kappa shape index (κ3) is 5.83. The van der Waals surface area contributed by atoms with Crippen LogP contribution in [0, 0.1) is 0 Å². The standard InChI is InChI=1S/C14H29N3O/c1-11(2)17-9-7-12(10-17)15-8-6-13(18)16-14(3,4)5/h11-12,15H,6-10H2,1-5H3,(H,16,18). The van der Waals surface area contributed by atoms with Crippen molar-refractivity contribution in [3.05, 3.63) is 0 Å². The predicted molar refractivity (Wildman–Crippen MR) is 75.6 cm³/mol. The molecule has 0 aromatic carbocycles. The smallest absolute Gasteiger partial charge is 0.221 e. The largest absolute Gasteiger partial charge is 0.351 e. The Bertz CT molecular complexity index is 271. The van der Waals surface area contributed by atoms with Crippen LogP contribution in [0.3, 0.4) is 0 Å². The summed E-state index contributed by atoms with van der Waals surface area (Å²) in [5, 5.41) is 6.46. The summed E-state index contributed by atoms with van der Waals surface area (Å²) in [6.07, 6.45) is 1.76. The number of carbonyl (C=O) groups is 1. The predicted octanol–water partition coefficient (Wildman–Crippen LogP) is 1.36. The fraction of sp³-hybridized carbons (Fsp3) is 0.929. The third-order valence-electron chi connectivity index (χ3n) is 3.25. The fourth-order valence-electron chi connectivity index (χ4n) is 2.29. The lowest BCUT2D eigenvalue weighted by molar-refractivity contribution is -0.122. The highest BCUT2D eigenvalue weighted by Gasteiger charge is 2.23. The van der Waals surface area contributed by atoms with E-state index in [1.54, 1.807) is 0 Å². The minimum Gasteiger partial charge on any atom is -0.351 e. The van der Waals surface area contributed by atoms with Gasteiger partial charge in [0.25, 0.3) is 0 Å². The van der Waals surface area contributed by atoms with Crippen molar-refractivity contribution < 1.29 is 4.79 Å². The number of hydrogen-bond donors (Lipinski definition) is 2. The van der Waals surface area contributed by atoms with E-state index in [1.165, 1.54) is 13.0 Å². The Balaban J connectivity index is 2.14. The quantitative estimate of drug-likeness (QED) is 0.780. The number of likely N-dealkylation sites (tertiary alicyclic amines) is 1. The summed E-state index contributed by atoms with van der Waals surface area (Å²) in [5.41, 5.74) is -0.126. The molecular formula is C14H29N3O. The molecule has 0 spiro atoms. The van der Waals surface area contributed by atoms with Gasteiger partial charge in [0.1, 0.15) is 0 Å². The Kier molecular flexibility index (Phi) is 5.60. The molecule has 0 bridgehead atoms. The average Bonchev–Trinajstić information content (AvgIpc) is 2.63. The van der Waals surface area contributed by atoms with Crippen LogP contribution in [0.5, 0.6) is 0 Å². The molecule has 1 atom stereocenters. The van der Waals surface area contributed by atoms with Gasteiger partial charge >= 0.3 is 0 Å². The van der Waals surface area contributed by atoms with Crippen LogP contribution < -0.4 is 10.6 Å². The first-order valence-corrected chi connectivity index (χ1v) is 7.06. The maximum atomic E-state index is 11.6. The molecule has 106 valence electrons. The Labute approximate surface area is 111 Å². The van der Waals surface area contributed by atoms with E-state index in [1.807, 2.05) is 20.8 Å². The van der Waals surface area contributed by atoms with Gasteiger partial charge in [0.15, 0.2) is 0 Å². The maximum Gasteiger partial charge on any atom is 0.221 e. The first-order valence-electron chi connectivity index (χ1n) is 7.06. The van der Waals surface area contributed by atoms with Crippen molar-refractivity contribution in [3.63, 3.8) is 0 Å². The van der Waals surface area contributed by atoms with Crippen LogP contribution >= 0.6 is 0 Å². The highest BCUT2D eigenvalue weighted by Crippen LogP contribution is 2.12. The molecule has 1 aliphatic rings. The highest BCUT2D eigenvalue weighted by molar-refractivity contribution is 5.76. The average molecular weight is 255 g/mol. The highest BCUT2D eigenvalue weighted by atomic mass is 16.1. The molecule has 0 saturated carbocycles. The van der Waals surface area contributed by atoms with Crippen molar-refractivity contribution in [2.75, 3.05) is 19.6 Å². The summed E-state index contributed by atoms with van der Waals surface area (Å²) in [7, 11) is 0. The molecule has 4 heteroatoms. The minimum absolute atomic E-state index is 0.126. The molecule has 0 radical (unpaired) electrons. The van der Waals surface area contributed by atoms with Gasteiger partial charge in [-0.15, -0.1) is 0 Å². The van der Waals surface area contributed by atoms with Gasteiger partial charge in [-0.05, 0) is 47.6 Å². The van der Waals surface area contributed by atoms with E-state index < -0.39 is 0 Å². The molecule has 1 amide bonds. The van der Waals surface area contributed by atoms with Crippen LogP contribution in [0.1, 0.15) is 47.5 Å². The van der Waals surface area contributed by atoms with Crippen LogP contribution in [0.15, 0.2) is 0 Å². The van der Waals surface area contributed by atoms with Crippen molar-refractivity contribution in [2.24, 2.45) is 0 Å². The van der Waals surface area contributed by atoms with Gasteiger partial charge in [0, 0.05) is 37.1 Å². The van der Waals surface area contributed by atoms with E-state index in [0.29, 0.717) is 18.5 Å². The van der Waals surface area contributed by atoms with Crippen molar-refractivity contribution in [1.29, 1.82) is 0 Å². The van der Waals surface area contributed by atoms with Crippen molar-refractivity contribution in [3.8, 4) is 0 Å². The molecule has 0 aliphatic carbocycles. The normalized spacial score (nSPS) is 21.6. The van der Waals surface area contributed by atoms with Crippen molar-refractivity contribution in [2.45, 2.75) is 65.1 Å². The third-order valence-corrected chi connectivity index (χ3v) is 3.25. The molecule has 1 unspecified atom stereocenters. The van der Waals surface area contributed by atoms with Gasteiger partial charge in [0.2, 0.25) is 5.91 Å². The second kappa shape index (κ2) is 6.53. The molecule has 1 rings (SSSR count). The molecular weight excluding hydrogens is 226 g/mol. The lowest BCUT2D eigenvalue weighted by Gasteiger charge is -2.22. The molecule has 18 heavy (non-hydrogen) atoms. The minimum atomic E-state index is -0.126. The van der Waals surface area contributed by atoms with E-state index in [2.05, 4.69) is 29.4 Å². The summed E-state index contributed by atoms with van der Waals surface area (Å²) >= 11 is 0. The maximum absolute atomic E-state index is 11.6. The first-order chi connectivity index (χ1) is 8.28. The summed E-state index contributed by atoms with van der Waals surface area (Å²) in [6.45, 7) is 13.6. The summed E-state index contributed by atoms with van der Waals surface area (Å²) in [5.74, 6) is 0.133. The summed E-state index contributed by atoms with van der Waals surface area (Å²) in [4.78, 5) is 14.1. The Morgan fingerprint density at radius 1 is 1.39 bits per heavy atom. The van der Waals surface area contributed by atoms with Crippen LogP contribution in [-0.2, 0) is 4.79 Å². The van der Waals surface area contributed by atoms with E-state index in [4.69, 9.17) is 0 Å². The number of nitrogens with one attached hydrogen (secondary N) is 2. The van der Waals surface area contributed by atoms with Crippen LogP contribution in [0.4, 0.5) is 0 Å². The second-order valence-corrected chi connectivity index (χ2v) is 6.58. The van der Waals surface area contributed by atoms with Gasteiger partial charge in [0.05, 0.1) is 0 Å². The zero-order valence-electron chi connectivity index (χ0n) is 12.5. The lowest BCUT2D eigenvalue weighted by Crippen LogP contribution is -2.42. The first kappa shape index (κ1) is 15.4. The van der Waals surface area contributed by atoms with Crippen LogP contribution in [0.2, 0.25) is 0 Å². The molecule has 1 fully saturated rings. The molecule has 4 nitrogen and oxygen atoms in total. The number of nitrogens with zero attached hydrogens (tertiary/aromatic N) is 1. The SMILES string of the molecule is CC(C)N1CCC(NCCC(=O)NC(C)(C)C)C1. The van der Waals surface area contributed by atoms with Gasteiger partial charge in [-0.1, -0.05) is 0 Å². The summed E-state index contributed by atoms with van der Waals surface area (Å²) < 4.78 is 0. The monoisotopic (exact) mass is 255 g/mol. The van der Waals surface area contributed by atoms with Gasteiger partial charge in [-0.3, -0.25) is 9.69 Å². The number of amides is 1. The zero-order valence-corrected chi connectivity index (χ0v) is 12.5. The Morgan fingerprint density at radius 3 is 2.56 bits per heavy atom. The molecule has 0 aromatic heterocycles. The van der Waals surface area contributed by atoms with E-state index >= 15 is 0 Å². The Morgan fingerprint density at radius 2 is 2.06 bits per heavy atom. The summed E-state index contributed by atoms with van der Waals surface area (Å²) in [6, 6.07) is 1.18. The van der Waals surface area contributed by atoms with Crippen LogP contribution in [0.25, 0.3) is 0 Å². The van der Waals surface area contributed by atoms with Gasteiger partial charge in [-0.2, -0.15) is 0 Å². The topological polar surface area (TPSA) is 44.4 Å². The van der Waals surface area contributed by atoms with Crippen molar-refractivity contribution >= 4 is 5.91 Å². The van der Waals surface area contributed by atoms with E-state index in [0.717, 1.165) is 13.1 Å². The second-order valence-electron chi connectivity index (χ2n) is 6.58. The van der Waals surface area contributed by atoms with Gasteiger partial charge in [-0.25, -0.2) is 0 Å². The van der Waals surface area contributed by atoms with Crippen molar-refractivity contribution in [1.82, 2.24) is 15.5 Å². The van der Waals surface area contributed by atoms with E-state index in [-0.39, 0.29) is 11.4 Å². The molecule has 2 N–H and O–H groups in total. The van der Waals surface area contributed by atoms with E-state index in [9.17, 15) is 4.79 Å². The number of rotatable bonds is 5. The fourth-order valence-corrected chi connectivity index (χ4v) is 2.29. The molecule has 1 heterocycles. The Hall–Kier alpha value is -0.610. The number of hydrogen-bond acceptors (Lipinski definition) is 3. The zero-order chi connectivity index (χ0) is 13.8. The molecule has 1 saturated heterocycles. The van der Waals surface area contributed by atoms with Crippen LogP contribution in [-0.4, -0.2) is 48.1 Å². The molecule has 0 aromatic rings.